The molecule has 2 aliphatic rings. The predicted molar refractivity (Wildman–Crippen MR) is 69.0 cm³/mol. The van der Waals surface area contributed by atoms with E-state index in [1.165, 1.54) is 18.9 Å². The van der Waals surface area contributed by atoms with Crippen LogP contribution in [0.25, 0.3) is 0 Å². The minimum Gasteiger partial charge on any atom is -0.381 e. The Labute approximate surface area is 108 Å². The third kappa shape index (κ3) is 3.09. The number of hydrogen-bond donors (Lipinski definition) is 1. The number of halogens is 1. The van der Waals surface area contributed by atoms with E-state index in [1.54, 1.807) is 12.1 Å². The summed E-state index contributed by atoms with van der Waals surface area (Å²) in [7, 11) is 0. The molecule has 0 spiro atoms. The first kappa shape index (κ1) is 12.1. The smallest absolute Gasteiger partial charge is 0.123 e. The summed E-state index contributed by atoms with van der Waals surface area (Å²) in [6.07, 6.45) is 4.60. The molecule has 1 aliphatic heterocycles. The van der Waals surface area contributed by atoms with Crippen molar-refractivity contribution in [2.75, 3.05) is 13.2 Å². The highest BCUT2D eigenvalue weighted by molar-refractivity contribution is 5.17. The van der Waals surface area contributed by atoms with Crippen LogP contribution < -0.4 is 5.32 Å². The highest BCUT2D eigenvalue weighted by atomic mass is 19.1. The quantitative estimate of drug-likeness (QED) is 0.885. The normalized spacial score (nSPS) is 28.3. The van der Waals surface area contributed by atoms with E-state index in [9.17, 15) is 4.39 Å². The number of rotatable bonds is 4. The Kier molecular flexibility index (Phi) is 3.62. The number of ether oxygens (including phenoxy) is 1. The lowest BCUT2D eigenvalue weighted by Gasteiger charge is -2.32. The van der Waals surface area contributed by atoms with Gasteiger partial charge >= 0.3 is 0 Å². The van der Waals surface area contributed by atoms with Crippen LogP contribution in [0.2, 0.25) is 0 Å². The van der Waals surface area contributed by atoms with E-state index in [-0.39, 0.29) is 5.82 Å². The molecule has 2 fully saturated rings. The molecular formula is C15H20FNO. The maximum atomic E-state index is 13.2. The number of nitrogens with one attached hydrogen (secondary N) is 1. The Bertz CT molecular complexity index is 405. The van der Waals surface area contributed by atoms with E-state index < -0.39 is 0 Å². The average Bonchev–Trinajstić information content (AvgIpc) is 3.16. The van der Waals surface area contributed by atoms with Crippen LogP contribution in [-0.2, 0) is 11.2 Å². The summed E-state index contributed by atoms with van der Waals surface area (Å²) in [5, 5.41) is 3.70. The van der Waals surface area contributed by atoms with Crippen LogP contribution in [0.1, 0.15) is 24.8 Å². The molecule has 1 aromatic carbocycles. The first-order valence-corrected chi connectivity index (χ1v) is 6.89. The molecule has 0 radical (unpaired) electrons. The van der Waals surface area contributed by atoms with Gasteiger partial charge in [0.25, 0.3) is 0 Å². The summed E-state index contributed by atoms with van der Waals surface area (Å²) in [5.41, 5.74) is 1.08. The lowest BCUT2D eigenvalue weighted by Crippen LogP contribution is -2.44. The van der Waals surface area contributed by atoms with E-state index in [2.05, 4.69) is 5.32 Å². The maximum absolute atomic E-state index is 13.2. The van der Waals surface area contributed by atoms with Crippen LogP contribution in [0.4, 0.5) is 4.39 Å². The van der Waals surface area contributed by atoms with E-state index in [0.29, 0.717) is 12.0 Å². The van der Waals surface area contributed by atoms with Crippen LogP contribution in [-0.4, -0.2) is 25.3 Å². The lowest BCUT2D eigenvalue weighted by molar-refractivity contribution is 0.0316. The van der Waals surface area contributed by atoms with Crippen LogP contribution in [0, 0.1) is 11.7 Å². The fraction of sp³-hybridized carbons (Fsp3) is 0.600. The summed E-state index contributed by atoms with van der Waals surface area (Å²) >= 11 is 0. The third-order valence-corrected chi connectivity index (χ3v) is 3.89. The molecule has 3 rings (SSSR count). The minimum atomic E-state index is -0.143. The summed E-state index contributed by atoms with van der Waals surface area (Å²) < 4.78 is 18.8. The molecule has 2 nitrogen and oxygen atoms in total. The highest BCUT2D eigenvalue weighted by Crippen LogP contribution is 2.26. The highest BCUT2D eigenvalue weighted by Gasteiger charge is 2.31. The fourth-order valence-corrected chi connectivity index (χ4v) is 2.74. The van der Waals surface area contributed by atoms with Crippen molar-refractivity contribution < 1.29 is 9.13 Å². The van der Waals surface area contributed by atoms with Crippen molar-refractivity contribution >= 4 is 0 Å². The van der Waals surface area contributed by atoms with Gasteiger partial charge in [0.05, 0.1) is 6.61 Å². The van der Waals surface area contributed by atoms with Gasteiger partial charge < -0.3 is 10.1 Å². The van der Waals surface area contributed by atoms with Gasteiger partial charge in [0.15, 0.2) is 0 Å². The molecule has 0 amide bonds. The Morgan fingerprint density at radius 1 is 1.28 bits per heavy atom. The predicted octanol–water partition coefficient (Wildman–Crippen LogP) is 2.53. The van der Waals surface area contributed by atoms with Gasteiger partial charge in [-0.25, -0.2) is 4.39 Å². The van der Waals surface area contributed by atoms with Crippen LogP contribution >= 0.6 is 0 Å². The van der Waals surface area contributed by atoms with E-state index in [0.717, 1.165) is 37.7 Å². The van der Waals surface area contributed by atoms with Crippen LogP contribution in [0.5, 0.6) is 0 Å². The second-order valence-corrected chi connectivity index (χ2v) is 5.51. The molecule has 0 bridgehead atoms. The molecule has 1 heterocycles. The van der Waals surface area contributed by atoms with Crippen molar-refractivity contribution in [3.05, 3.63) is 35.6 Å². The van der Waals surface area contributed by atoms with Crippen molar-refractivity contribution in [1.29, 1.82) is 0 Å². The summed E-state index contributed by atoms with van der Waals surface area (Å²) in [6.45, 7) is 1.64. The summed E-state index contributed by atoms with van der Waals surface area (Å²) in [6, 6.07) is 8.20. The molecule has 0 aromatic heterocycles. The van der Waals surface area contributed by atoms with Gasteiger partial charge in [0.1, 0.15) is 5.82 Å². The van der Waals surface area contributed by atoms with Gasteiger partial charge in [0.2, 0.25) is 0 Å². The Hall–Kier alpha value is -0.930. The summed E-state index contributed by atoms with van der Waals surface area (Å²) in [4.78, 5) is 0. The zero-order valence-corrected chi connectivity index (χ0v) is 10.6. The monoisotopic (exact) mass is 249 g/mol. The van der Waals surface area contributed by atoms with Gasteiger partial charge in [-0.2, -0.15) is 0 Å². The molecule has 1 saturated heterocycles. The van der Waals surface area contributed by atoms with Gasteiger partial charge in [-0.05, 0) is 43.4 Å². The zero-order chi connectivity index (χ0) is 12.4. The second-order valence-electron chi connectivity index (χ2n) is 5.51. The molecule has 3 heteroatoms. The van der Waals surface area contributed by atoms with Crippen LogP contribution in [0.15, 0.2) is 24.3 Å². The minimum absolute atomic E-state index is 0.143. The molecule has 2 atom stereocenters. The summed E-state index contributed by atoms with van der Waals surface area (Å²) in [5.74, 6) is 0.331. The lowest BCUT2D eigenvalue weighted by atomic mass is 9.89. The molecule has 1 saturated carbocycles. The van der Waals surface area contributed by atoms with Gasteiger partial charge in [-0.1, -0.05) is 12.1 Å². The van der Waals surface area contributed by atoms with Gasteiger partial charge in [-0.15, -0.1) is 0 Å². The topological polar surface area (TPSA) is 21.3 Å². The van der Waals surface area contributed by atoms with Crippen molar-refractivity contribution in [2.24, 2.45) is 5.92 Å². The van der Waals surface area contributed by atoms with E-state index in [4.69, 9.17) is 4.74 Å². The molecule has 18 heavy (non-hydrogen) atoms. The van der Waals surface area contributed by atoms with Gasteiger partial charge in [-0.3, -0.25) is 0 Å². The standard InChI is InChI=1S/C15H20FNO/c16-13-3-1-2-11(9-13)8-12-10-18-7-6-15(12)17-14-4-5-14/h1-3,9,12,14-15,17H,4-8,10H2/t12-,15+/m0/s1. The third-order valence-electron chi connectivity index (χ3n) is 3.89. The molecule has 0 unspecified atom stereocenters. The molecule has 1 aliphatic carbocycles. The number of hydrogen-bond acceptors (Lipinski definition) is 2. The van der Waals surface area contributed by atoms with Crippen LogP contribution in [0.3, 0.4) is 0 Å². The molecule has 1 N–H and O–H groups in total. The largest absolute Gasteiger partial charge is 0.381 e. The average molecular weight is 249 g/mol. The Balaban J connectivity index is 1.64. The Morgan fingerprint density at radius 3 is 2.94 bits per heavy atom. The van der Waals surface area contributed by atoms with Gasteiger partial charge in [0, 0.05) is 24.6 Å². The first-order chi connectivity index (χ1) is 8.81. The fourth-order valence-electron chi connectivity index (χ4n) is 2.74. The number of benzene rings is 1. The second kappa shape index (κ2) is 5.37. The van der Waals surface area contributed by atoms with Crippen molar-refractivity contribution in [3.63, 3.8) is 0 Å². The van der Waals surface area contributed by atoms with Crippen molar-refractivity contribution in [2.45, 2.75) is 37.8 Å². The maximum Gasteiger partial charge on any atom is 0.123 e. The molecule has 98 valence electrons. The molecule has 1 aromatic rings. The SMILES string of the molecule is Fc1cccc(C[C@H]2COCC[C@H]2NC2CC2)c1. The van der Waals surface area contributed by atoms with Crippen molar-refractivity contribution in [1.82, 2.24) is 5.32 Å². The van der Waals surface area contributed by atoms with E-state index in [1.807, 2.05) is 6.07 Å². The Morgan fingerprint density at radius 2 is 2.17 bits per heavy atom. The molecular weight excluding hydrogens is 229 g/mol. The van der Waals surface area contributed by atoms with E-state index >= 15 is 0 Å². The first-order valence-electron chi connectivity index (χ1n) is 6.89. The van der Waals surface area contributed by atoms with Crippen molar-refractivity contribution in [3.8, 4) is 0 Å². The zero-order valence-electron chi connectivity index (χ0n) is 10.6.